The van der Waals surface area contributed by atoms with E-state index >= 15 is 0 Å². The summed E-state index contributed by atoms with van der Waals surface area (Å²) in [6, 6.07) is 21.0. The molecule has 35 heavy (non-hydrogen) atoms. The summed E-state index contributed by atoms with van der Waals surface area (Å²) in [6.07, 6.45) is 2.73. The summed E-state index contributed by atoms with van der Waals surface area (Å²) in [5.74, 6) is 1.77. The number of ether oxygens (including phenoxy) is 1. The molecule has 0 aliphatic carbocycles. The Hall–Kier alpha value is -3.39. The van der Waals surface area contributed by atoms with E-state index < -0.39 is 0 Å². The van der Waals surface area contributed by atoms with Crippen LogP contribution in [0.5, 0.6) is 0 Å². The maximum atomic E-state index is 5.51. The van der Waals surface area contributed by atoms with Gasteiger partial charge in [-0.15, -0.1) is 11.3 Å². The highest BCUT2D eigenvalue weighted by atomic mass is 32.1. The van der Waals surface area contributed by atoms with Crippen molar-refractivity contribution in [2.75, 3.05) is 38.2 Å². The van der Waals surface area contributed by atoms with Crippen LogP contribution >= 0.6 is 11.3 Å². The lowest BCUT2D eigenvalue weighted by Gasteiger charge is -2.25. The monoisotopic (exact) mass is 481 g/mol. The number of fused-ring (bicyclic) bond motifs is 2. The zero-order chi connectivity index (χ0) is 23.5. The van der Waals surface area contributed by atoms with Crippen LogP contribution in [0.2, 0.25) is 0 Å². The van der Waals surface area contributed by atoms with E-state index in [0.29, 0.717) is 0 Å². The van der Waals surface area contributed by atoms with E-state index in [4.69, 9.17) is 14.7 Å². The molecule has 6 nitrogen and oxygen atoms in total. The molecular weight excluding hydrogens is 454 g/mol. The number of hydrogen-bond acceptors (Lipinski definition) is 7. The van der Waals surface area contributed by atoms with E-state index in [9.17, 15) is 0 Å². The number of benzene rings is 2. The van der Waals surface area contributed by atoms with Gasteiger partial charge in [-0.2, -0.15) is 0 Å². The molecule has 176 valence electrons. The van der Waals surface area contributed by atoms with Crippen molar-refractivity contribution in [3.63, 3.8) is 0 Å². The topological polar surface area (TPSA) is 63.2 Å². The van der Waals surface area contributed by atoms with Crippen LogP contribution in [0.3, 0.4) is 0 Å². The Balaban J connectivity index is 1.32. The summed E-state index contributed by atoms with van der Waals surface area (Å²) in [7, 11) is 0. The van der Waals surface area contributed by atoms with Crippen LogP contribution in [-0.4, -0.2) is 52.7 Å². The van der Waals surface area contributed by atoms with E-state index in [1.54, 1.807) is 11.3 Å². The smallest absolute Gasteiger partial charge is 0.146 e. The molecule has 0 saturated carbocycles. The normalized spacial score (nSPS) is 14.5. The molecule has 0 amide bonds. The van der Waals surface area contributed by atoms with Crippen LogP contribution in [0, 0.1) is 0 Å². The number of rotatable bonds is 7. The molecule has 5 aromatic rings. The van der Waals surface area contributed by atoms with Gasteiger partial charge in [0, 0.05) is 42.2 Å². The van der Waals surface area contributed by atoms with Gasteiger partial charge < -0.3 is 10.1 Å². The summed E-state index contributed by atoms with van der Waals surface area (Å²) < 4.78 is 5.51. The standard InChI is InChI=1S/C28H27N5OS/c1-2-6-20(7-3-1)23-19-35-28-25(23)27(31-24(32-28)18-33-14-16-34-17-15-33)30-13-11-22-9-4-8-21-10-5-12-29-26(21)22/h1-10,12,19H,11,13-18H2,(H,30,31,32). The van der Waals surface area contributed by atoms with Crippen LogP contribution in [0.4, 0.5) is 5.82 Å². The van der Waals surface area contributed by atoms with Crippen molar-refractivity contribution in [2.45, 2.75) is 13.0 Å². The summed E-state index contributed by atoms with van der Waals surface area (Å²) in [5.41, 5.74) is 4.67. The van der Waals surface area contributed by atoms with E-state index in [0.717, 1.165) is 73.2 Å². The van der Waals surface area contributed by atoms with Crippen molar-refractivity contribution >= 4 is 38.3 Å². The van der Waals surface area contributed by atoms with Gasteiger partial charge in [0.05, 0.1) is 30.7 Å². The van der Waals surface area contributed by atoms with Gasteiger partial charge in [0.1, 0.15) is 16.5 Å². The van der Waals surface area contributed by atoms with Crippen LogP contribution in [0.15, 0.2) is 72.2 Å². The fraction of sp³-hybridized carbons (Fsp3) is 0.250. The molecule has 2 aromatic carbocycles. The molecule has 1 aliphatic heterocycles. The molecule has 1 N–H and O–H groups in total. The first-order valence-electron chi connectivity index (χ1n) is 12.1. The molecule has 3 aromatic heterocycles. The Morgan fingerprint density at radius 1 is 0.943 bits per heavy atom. The average molecular weight is 482 g/mol. The number of pyridine rings is 1. The average Bonchev–Trinajstić information content (AvgIpc) is 3.34. The number of anilines is 1. The Bertz CT molecular complexity index is 1440. The summed E-state index contributed by atoms with van der Waals surface area (Å²) in [5, 5.41) is 8.13. The van der Waals surface area contributed by atoms with Gasteiger partial charge in [-0.1, -0.05) is 54.6 Å². The SMILES string of the molecule is c1ccc(-c2csc3nc(CN4CCOCC4)nc(NCCc4cccc5cccnc45)c23)cc1. The highest BCUT2D eigenvalue weighted by Gasteiger charge is 2.18. The number of aromatic nitrogens is 3. The van der Waals surface area contributed by atoms with Crippen molar-refractivity contribution in [3.05, 3.63) is 83.6 Å². The van der Waals surface area contributed by atoms with E-state index in [2.05, 4.69) is 69.1 Å². The predicted octanol–water partition coefficient (Wildman–Crippen LogP) is 5.39. The van der Waals surface area contributed by atoms with E-state index in [-0.39, 0.29) is 0 Å². The highest BCUT2D eigenvalue weighted by Crippen LogP contribution is 2.37. The Labute approximate surface area is 208 Å². The lowest BCUT2D eigenvalue weighted by molar-refractivity contribution is 0.0331. The zero-order valence-electron chi connectivity index (χ0n) is 19.5. The third-order valence-electron chi connectivity index (χ3n) is 6.44. The first-order valence-corrected chi connectivity index (χ1v) is 12.9. The molecule has 0 unspecified atom stereocenters. The third-order valence-corrected chi connectivity index (χ3v) is 7.31. The predicted molar refractivity (Wildman–Crippen MR) is 143 cm³/mol. The number of thiophene rings is 1. The zero-order valence-corrected chi connectivity index (χ0v) is 20.3. The number of morpholine rings is 1. The molecule has 1 saturated heterocycles. The first kappa shape index (κ1) is 22.1. The van der Waals surface area contributed by atoms with Crippen LogP contribution < -0.4 is 5.32 Å². The number of para-hydroxylation sites is 1. The quantitative estimate of drug-likeness (QED) is 0.336. The largest absolute Gasteiger partial charge is 0.379 e. The van der Waals surface area contributed by atoms with Gasteiger partial charge in [-0.05, 0) is 23.6 Å². The van der Waals surface area contributed by atoms with Crippen LogP contribution in [0.1, 0.15) is 11.4 Å². The third kappa shape index (κ3) is 4.75. The fourth-order valence-electron chi connectivity index (χ4n) is 4.66. The van der Waals surface area contributed by atoms with Gasteiger partial charge in [0.2, 0.25) is 0 Å². The minimum Gasteiger partial charge on any atom is -0.379 e. The van der Waals surface area contributed by atoms with Crippen molar-refractivity contribution < 1.29 is 4.74 Å². The Kier molecular flexibility index (Phi) is 6.36. The highest BCUT2D eigenvalue weighted by molar-refractivity contribution is 7.17. The van der Waals surface area contributed by atoms with Crippen molar-refractivity contribution in [2.24, 2.45) is 0 Å². The molecule has 0 atom stereocenters. The first-order chi connectivity index (χ1) is 17.3. The second kappa shape index (κ2) is 10.1. The van der Waals surface area contributed by atoms with Gasteiger partial charge >= 0.3 is 0 Å². The molecule has 1 fully saturated rings. The molecule has 0 spiro atoms. The van der Waals surface area contributed by atoms with E-state index in [1.807, 2.05) is 18.3 Å². The van der Waals surface area contributed by atoms with E-state index in [1.165, 1.54) is 22.1 Å². The molecule has 6 rings (SSSR count). The maximum absolute atomic E-state index is 5.51. The van der Waals surface area contributed by atoms with Crippen molar-refractivity contribution in [1.82, 2.24) is 19.9 Å². The maximum Gasteiger partial charge on any atom is 0.146 e. The minimum atomic E-state index is 0.736. The van der Waals surface area contributed by atoms with Crippen molar-refractivity contribution in [3.8, 4) is 11.1 Å². The van der Waals surface area contributed by atoms with Gasteiger partial charge in [-0.3, -0.25) is 9.88 Å². The summed E-state index contributed by atoms with van der Waals surface area (Å²) in [4.78, 5) is 18.0. The second-order valence-corrected chi connectivity index (χ2v) is 9.60. The molecule has 0 bridgehead atoms. The molecule has 0 radical (unpaired) electrons. The van der Waals surface area contributed by atoms with Gasteiger partial charge in [0.15, 0.2) is 0 Å². The minimum absolute atomic E-state index is 0.736. The summed E-state index contributed by atoms with van der Waals surface area (Å²) >= 11 is 1.69. The number of hydrogen-bond donors (Lipinski definition) is 1. The summed E-state index contributed by atoms with van der Waals surface area (Å²) in [6.45, 7) is 4.87. The molecule has 4 heterocycles. The number of nitrogens with one attached hydrogen (secondary N) is 1. The number of nitrogens with zero attached hydrogens (tertiary/aromatic N) is 4. The second-order valence-electron chi connectivity index (χ2n) is 8.74. The lowest BCUT2D eigenvalue weighted by Crippen LogP contribution is -2.36. The molecular formula is C28H27N5OS. The van der Waals surface area contributed by atoms with Crippen LogP contribution in [-0.2, 0) is 17.7 Å². The Morgan fingerprint density at radius 3 is 2.69 bits per heavy atom. The van der Waals surface area contributed by atoms with Gasteiger partial charge in [0.25, 0.3) is 0 Å². The molecule has 1 aliphatic rings. The lowest BCUT2D eigenvalue weighted by atomic mass is 10.1. The van der Waals surface area contributed by atoms with Crippen LogP contribution in [0.25, 0.3) is 32.2 Å². The Morgan fingerprint density at radius 2 is 1.80 bits per heavy atom. The van der Waals surface area contributed by atoms with Gasteiger partial charge in [-0.25, -0.2) is 9.97 Å². The molecule has 7 heteroatoms. The van der Waals surface area contributed by atoms with Crippen molar-refractivity contribution in [1.29, 1.82) is 0 Å². The fourth-order valence-corrected chi connectivity index (χ4v) is 5.62.